The lowest BCUT2D eigenvalue weighted by molar-refractivity contribution is -0.288. The molecule has 0 unspecified atom stereocenters. The molecule has 1 aliphatic heterocycles. The number of carbonyl (C=O) groups excluding carboxylic acids is 5. The maximum Gasteiger partial charge on any atom is 0.409 e. The average Bonchev–Trinajstić information content (AvgIpc) is 2.88. The predicted octanol–water partition coefficient (Wildman–Crippen LogP) is 1.36. The second kappa shape index (κ2) is 17.3. The molecule has 0 saturated carbocycles. The zero-order valence-electron chi connectivity index (χ0n) is 23.8. The number of benzene rings is 1. The van der Waals surface area contributed by atoms with Crippen LogP contribution < -0.4 is 10.1 Å². The van der Waals surface area contributed by atoms with Crippen molar-refractivity contribution in [3.63, 3.8) is 0 Å². The third-order valence-electron chi connectivity index (χ3n) is 5.49. The second-order valence-corrected chi connectivity index (χ2v) is 8.91. The van der Waals surface area contributed by atoms with Crippen LogP contribution in [-0.4, -0.2) is 99.4 Å². The minimum absolute atomic E-state index is 0. The maximum atomic E-state index is 12.1. The second-order valence-electron chi connectivity index (χ2n) is 8.91. The number of carbonyl (C=O) groups is 5. The predicted molar refractivity (Wildman–Crippen MR) is 143 cm³/mol. The van der Waals surface area contributed by atoms with Crippen molar-refractivity contribution in [1.29, 1.82) is 0 Å². The summed E-state index contributed by atoms with van der Waals surface area (Å²) in [5.74, 6) is -2.58. The molecule has 1 amide bonds. The molecule has 1 aromatic carbocycles. The standard InChI is InChI=1S/C26H36N2O12.ClH/c1-15(29)34-14-21-22(36-16(2)30)23(37-17(3)31)24(38-18(4)32)25(40-21)39-20-9-7-19(8-10-20)13-35-26(33)28(6)12-11-27-5;/h7-10,21-25,27H,11-14H2,1-6H3;1H/t21-,22+,23+,24-,25-;/m1./s1. The molecule has 0 bridgehead atoms. The molecule has 1 N–H and O–H groups in total. The molecular formula is C26H37ClN2O12. The van der Waals surface area contributed by atoms with Crippen LogP contribution in [0.3, 0.4) is 0 Å². The van der Waals surface area contributed by atoms with E-state index < -0.39 is 60.7 Å². The van der Waals surface area contributed by atoms with Crippen molar-refractivity contribution in [1.82, 2.24) is 10.2 Å². The number of rotatable bonds is 12. The van der Waals surface area contributed by atoms with Gasteiger partial charge in [0.25, 0.3) is 0 Å². The Balaban J connectivity index is 0.00000840. The summed E-state index contributed by atoms with van der Waals surface area (Å²) in [6, 6.07) is 6.45. The number of hydrogen-bond donors (Lipinski definition) is 1. The van der Waals surface area contributed by atoms with Crippen LogP contribution in [-0.2, 0) is 54.2 Å². The number of halogens is 1. The first kappa shape index (κ1) is 35.4. The summed E-state index contributed by atoms with van der Waals surface area (Å²) in [5.41, 5.74) is 0.671. The number of hydrogen-bond acceptors (Lipinski definition) is 13. The Labute approximate surface area is 244 Å². The Morgan fingerprint density at radius 3 is 1.93 bits per heavy atom. The number of nitrogens with one attached hydrogen (secondary N) is 1. The molecule has 15 heteroatoms. The van der Waals surface area contributed by atoms with Crippen molar-refractivity contribution in [2.24, 2.45) is 0 Å². The lowest BCUT2D eigenvalue weighted by atomic mass is 9.98. The molecule has 0 spiro atoms. The van der Waals surface area contributed by atoms with E-state index in [1.165, 1.54) is 11.8 Å². The molecule has 0 aliphatic carbocycles. The highest BCUT2D eigenvalue weighted by Gasteiger charge is 2.53. The smallest absolute Gasteiger partial charge is 0.409 e. The van der Waals surface area contributed by atoms with Crippen molar-refractivity contribution in [2.45, 2.75) is 65.0 Å². The molecule has 230 valence electrons. The van der Waals surface area contributed by atoms with Gasteiger partial charge in [-0.05, 0) is 24.7 Å². The summed E-state index contributed by atoms with van der Waals surface area (Å²) in [7, 11) is 3.41. The number of amides is 1. The average molecular weight is 605 g/mol. The Kier molecular flexibility index (Phi) is 14.9. The van der Waals surface area contributed by atoms with Crippen LogP contribution in [0, 0.1) is 0 Å². The van der Waals surface area contributed by atoms with E-state index in [2.05, 4.69) is 5.32 Å². The van der Waals surface area contributed by atoms with E-state index in [0.29, 0.717) is 18.7 Å². The van der Waals surface area contributed by atoms with Crippen LogP contribution in [0.25, 0.3) is 0 Å². The number of esters is 4. The minimum Gasteiger partial charge on any atom is -0.463 e. The van der Waals surface area contributed by atoms with Gasteiger partial charge in [-0.15, -0.1) is 12.4 Å². The van der Waals surface area contributed by atoms with Gasteiger partial charge in [-0.25, -0.2) is 4.79 Å². The van der Waals surface area contributed by atoms with E-state index in [-0.39, 0.29) is 31.4 Å². The van der Waals surface area contributed by atoms with Crippen LogP contribution in [0.5, 0.6) is 5.75 Å². The van der Waals surface area contributed by atoms with E-state index in [0.717, 1.165) is 20.8 Å². The molecule has 0 radical (unpaired) electrons. The Morgan fingerprint density at radius 1 is 0.829 bits per heavy atom. The molecule has 1 heterocycles. The first-order valence-corrected chi connectivity index (χ1v) is 12.5. The molecule has 0 aromatic heterocycles. The van der Waals surface area contributed by atoms with Gasteiger partial charge in [-0.2, -0.15) is 0 Å². The monoisotopic (exact) mass is 604 g/mol. The fourth-order valence-electron chi connectivity index (χ4n) is 3.71. The van der Waals surface area contributed by atoms with E-state index in [1.807, 2.05) is 0 Å². The fourth-order valence-corrected chi connectivity index (χ4v) is 3.71. The summed E-state index contributed by atoms with van der Waals surface area (Å²) in [5, 5.41) is 2.95. The van der Waals surface area contributed by atoms with Gasteiger partial charge in [0.05, 0.1) is 0 Å². The SMILES string of the molecule is CNCCN(C)C(=O)OCc1ccc(O[C@@H]2O[C@H](COC(C)=O)[C@H](OC(C)=O)[C@H](OC(C)=O)[C@H]2OC(C)=O)cc1.Cl. The first-order valence-electron chi connectivity index (χ1n) is 12.5. The molecule has 2 rings (SSSR count). The molecule has 1 saturated heterocycles. The van der Waals surface area contributed by atoms with Gasteiger partial charge in [-0.3, -0.25) is 19.2 Å². The number of likely N-dealkylation sites (N-methyl/N-ethyl adjacent to an activating group) is 2. The number of nitrogens with zero attached hydrogens (tertiary/aromatic N) is 1. The molecular weight excluding hydrogens is 568 g/mol. The van der Waals surface area contributed by atoms with Gasteiger partial charge < -0.3 is 43.4 Å². The maximum absolute atomic E-state index is 12.1. The van der Waals surface area contributed by atoms with Gasteiger partial charge in [0.1, 0.15) is 25.1 Å². The van der Waals surface area contributed by atoms with Crippen LogP contribution >= 0.6 is 12.4 Å². The molecule has 1 aromatic rings. The van der Waals surface area contributed by atoms with Crippen molar-refractivity contribution < 1.29 is 57.1 Å². The zero-order valence-corrected chi connectivity index (χ0v) is 24.6. The van der Waals surface area contributed by atoms with E-state index >= 15 is 0 Å². The Hall–Kier alpha value is -3.62. The van der Waals surface area contributed by atoms with E-state index in [9.17, 15) is 24.0 Å². The van der Waals surface area contributed by atoms with Crippen LogP contribution in [0.2, 0.25) is 0 Å². The molecule has 14 nitrogen and oxygen atoms in total. The Bertz CT molecular complexity index is 1040. The van der Waals surface area contributed by atoms with Crippen LogP contribution in [0.15, 0.2) is 24.3 Å². The van der Waals surface area contributed by atoms with Gasteiger partial charge in [0, 0.05) is 47.8 Å². The third kappa shape index (κ3) is 11.8. The largest absolute Gasteiger partial charge is 0.463 e. The summed E-state index contributed by atoms with van der Waals surface area (Å²) in [4.78, 5) is 60.7. The normalized spacial score (nSPS) is 21.4. The van der Waals surface area contributed by atoms with Crippen LogP contribution in [0.4, 0.5) is 4.79 Å². The van der Waals surface area contributed by atoms with Gasteiger partial charge >= 0.3 is 30.0 Å². The fraction of sp³-hybridized carbons (Fsp3) is 0.577. The van der Waals surface area contributed by atoms with Gasteiger partial charge in [-0.1, -0.05) is 12.1 Å². The van der Waals surface area contributed by atoms with Crippen molar-refractivity contribution in [2.75, 3.05) is 33.8 Å². The van der Waals surface area contributed by atoms with Crippen LogP contribution in [0.1, 0.15) is 33.3 Å². The quantitative estimate of drug-likeness (QED) is 0.269. The summed E-state index contributed by atoms with van der Waals surface area (Å²) >= 11 is 0. The lowest BCUT2D eigenvalue weighted by Gasteiger charge is -2.43. The van der Waals surface area contributed by atoms with E-state index in [1.54, 1.807) is 38.4 Å². The first-order chi connectivity index (χ1) is 18.9. The molecule has 5 atom stereocenters. The van der Waals surface area contributed by atoms with Crippen molar-refractivity contribution in [3.8, 4) is 5.75 Å². The highest BCUT2D eigenvalue weighted by atomic mass is 35.5. The highest BCUT2D eigenvalue weighted by molar-refractivity contribution is 5.85. The molecule has 1 fully saturated rings. The summed E-state index contributed by atoms with van der Waals surface area (Å²) in [6.07, 6.45) is -6.95. The van der Waals surface area contributed by atoms with Crippen molar-refractivity contribution in [3.05, 3.63) is 29.8 Å². The minimum atomic E-state index is -1.36. The molecule has 1 aliphatic rings. The summed E-state index contributed by atoms with van der Waals surface area (Å²) < 4.78 is 38.3. The number of ether oxygens (including phenoxy) is 7. The molecule has 41 heavy (non-hydrogen) atoms. The highest BCUT2D eigenvalue weighted by Crippen LogP contribution is 2.31. The summed E-state index contributed by atoms with van der Waals surface area (Å²) in [6.45, 7) is 5.34. The van der Waals surface area contributed by atoms with Gasteiger partial charge in [0.15, 0.2) is 12.2 Å². The van der Waals surface area contributed by atoms with Gasteiger partial charge in [0.2, 0.25) is 12.4 Å². The zero-order chi connectivity index (χ0) is 29.8. The van der Waals surface area contributed by atoms with E-state index in [4.69, 9.17) is 33.2 Å². The lowest BCUT2D eigenvalue weighted by Crippen LogP contribution is -2.63. The van der Waals surface area contributed by atoms with Crippen molar-refractivity contribution >= 4 is 42.4 Å². The Morgan fingerprint density at radius 2 is 1.39 bits per heavy atom. The topological polar surface area (TPSA) is 165 Å². The third-order valence-corrected chi connectivity index (χ3v) is 5.49.